The van der Waals surface area contributed by atoms with E-state index >= 15 is 0 Å². The number of aromatic nitrogens is 1. The highest BCUT2D eigenvalue weighted by molar-refractivity contribution is 9.10. The van der Waals surface area contributed by atoms with E-state index in [9.17, 15) is 4.79 Å². The highest BCUT2D eigenvalue weighted by Crippen LogP contribution is 2.31. The molecule has 0 bridgehead atoms. The van der Waals surface area contributed by atoms with Gasteiger partial charge in [0.25, 0.3) is 5.56 Å². The first-order valence-electron chi connectivity index (χ1n) is 4.99. The van der Waals surface area contributed by atoms with Crippen molar-refractivity contribution in [3.05, 3.63) is 54.8 Å². The summed E-state index contributed by atoms with van der Waals surface area (Å²) in [5.74, 6) is 0.799. The lowest BCUT2D eigenvalue weighted by Crippen LogP contribution is -2.08. The first kappa shape index (κ1) is 13.5. The molecule has 2 rings (SSSR count). The Labute approximate surface area is 122 Å². The van der Waals surface area contributed by atoms with Crippen LogP contribution in [0, 0.1) is 6.92 Å². The largest absolute Gasteiger partial charge is 0.455 e. The van der Waals surface area contributed by atoms with Crippen LogP contribution in [0.4, 0.5) is 0 Å². The number of pyridine rings is 1. The van der Waals surface area contributed by atoms with Crippen molar-refractivity contribution in [3.63, 3.8) is 0 Å². The molecule has 0 saturated heterocycles. The molecule has 0 aliphatic rings. The molecule has 0 fully saturated rings. The van der Waals surface area contributed by atoms with Crippen molar-refractivity contribution in [1.82, 2.24) is 4.98 Å². The Morgan fingerprint density at radius 2 is 1.94 bits per heavy atom. The molecule has 1 heterocycles. The van der Waals surface area contributed by atoms with Crippen LogP contribution in [-0.2, 0) is 0 Å². The molecule has 1 aromatic heterocycles. The molecular formula is C12H8BrCl2NO2. The van der Waals surface area contributed by atoms with Crippen molar-refractivity contribution >= 4 is 39.1 Å². The Morgan fingerprint density at radius 3 is 2.61 bits per heavy atom. The second kappa shape index (κ2) is 5.34. The number of hydrogen-bond acceptors (Lipinski definition) is 2. The SMILES string of the molecule is Cc1cc(Oc2cc(Cl)cc(Br)c2)c(Cl)c(=O)[nH]1. The van der Waals surface area contributed by atoms with Gasteiger partial charge in [-0.1, -0.05) is 39.1 Å². The minimum atomic E-state index is -0.382. The third-order valence-electron chi connectivity index (χ3n) is 2.14. The Morgan fingerprint density at radius 1 is 1.22 bits per heavy atom. The monoisotopic (exact) mass is 347 g/mol. The van der Waals surface area contributed by atoms with Crippen LogP contribution < -0.4 is 10.3 Å². The molecule has 94 valence electrons. The Hall–Kier alpha value is -0.970. The van der Waals surface area contributed by atoms with Crippen LogP contribution in [0.25, 0.3) is 0 Å². The van der Waals surface area contributed by atoms with E-state index in [0.717, 1.165) is 4.47 Å². The standard InChI is InChI=1S/C12H8BrCl2NO2/c1-6-2-10(11(15)12(17)16-6)18-9-4-7(13)3-8(14)5-9/h2-5H,1H3,(H,16,17). The zero-order valence-electron chi connectivity index (χ0n) is 9.26. The maximum Gasteiger partial charge on any atom is 0.270 e. The lowest BCUT2D eigenvalue weighted by molar-refractivity contribution is 0.480. The zero-order chi connectivity index (χ0) is 13.3. The van der Waals surface area contributed by atoms with Gasteiger partial charge in [-0.15, -0.1) is 0 Å². The first-order chi connectivity index (χ1) is 8.45. The van der Waals surface area contributed by atoms with Gasteiger partial charge >= 0.3 is 0 Å². The van der Waals surface area contributed by atoms with Crippen LogP contribution in [0.15, 0.2) is 33.5 Å². The van der Waals surface area contributed by atoms with Gasteiger partial charge in [0, 0.05) is 21.3 Å². The summed E-state index contributed by atoms with van der Waals surface area (Å²) in [6, 6.07) is 6.76. The fourth-order valence-electron chi connectivity index (χ4n) is 1.43. The number of H-pyrrole nitrogens is 1. The molecule has 0 saturated carbocycles. The fraction of sp³-hybridized carbons (Fsp3) is 0.0833. The molecule has 6 heteroatoms. The average Bonchev–Trinajstić information content (AvgIpc) is 2.23. The predicted octanol–water partition coefficient (Wildman–Crippen LogP) is 4.54. The van der Waals surface area contributed by atoms with Crippen molar-refractivity contribution in [3.8, 4) is 11.5 Å². The molecule has 0 radical (unpaired) electrons. The molecule has 1 aromatic carbocycles. The maximum atomic E-state index is 11.5. The number of aromatic amines is 1. The molecule has 0 aliphatic carbocycles. The topological polar surface area (TPSA) is 42.1 Å². The van der Waals surface area contributed by atoms with Crippen LogP contribution in [0.1, 0.15) is 5.69 Å². The molecule has 0 atom stereocenters. The molecule has 0 spiro atoms. The molecular weight excluding hydrogens is 341 g/mol. The summed E-state index contributed by atoms with van der Waals surface area (Å²) in [5.41, 5.74) is 0.285. The fourth-order valence-corrected chi connectivity index (χ4v) is 2.40. The molecule has 1 N–H and O–H groups in total. The maximum absolute atomic E-state index is 11.5. The van der Waals surface area contributed by atoms with Gasteiger partial charge in [0.15, 0.2) is 5.75 Å². The molecule has 3 nitrogen and oxygen atoms in total. The molecule has 0 amide bonds. The third-order valence-corrected chi connectivity index (χ3v) is 3.17. The number of halogens is 3. The normalized spacial score (nSPS) is 10.4. The van der Waals surface area contributed by atoms with Crippen molar-refractivity contribution < 1.29 is 4.74 Å². The van der Waals surface area contributed by atoms with Crippen LogP contribution in [0.5, 0.6) is 11.5 Å². The van der Waals surface area contributed by atoms with E-state index in [0.29, 0.717) is 22.2 Å². The number of rotatable bonds is 2. The molecule has 0 unspecified atom stereocenters. The summed E-state index contributed by atoms with van der Waals surface area (Å²) in [6.45, 7) is 1.75. The van der Waals surface area contributed by atoms with Crippen LogP contribution in [0.3, 0.4) is 0 Å². The number of nitrogens with one attached hydrogen (secondary N) is 1. The number of aryl methyl sites for hydroxylation is 1. The number of ether oxygens (including phenoxy) is 1. The lowest BCUT2D eigenvalue weighted by atomic mass is 10.3. The average molecular weight is 349 g/mol. The van der Waals surface area contributed by atoms with Gasteiger partial charge in [-0.2, -0.15) is 0 Å². The van der Waals surface area contributed by atoms with Gasteiger partial charge in [-0.05, 0) is 25.1 Å². The van der Waals surface area contributed by atoms with E-state index in [-0.39, 0.29) is 10.6 Å². The van der Waals surface area contributed by atoms with Gasteiger partial charge in [0.1, 0.15) is 10.8 Å². The first-order valence-corrected chi connectivity index (χ1v) is 6.54. The number of benzene rings is 1. The molecule has 2 aromatic rings. The van der Waals surface area contributed by atoms with Crippen molar-refractivity contribution in [1.29, 1.82) is 0 Å². The minimum absolute atomic E-state index is 0.0108. The van der Waals surface area contributed by atoms with Crippen molar-refractivity contribution in [2.45, 2.75) is 6.92 Å². The van der Waals surface area contributed by atoms with E-state index < -0.39 is 0 Å². The van der Waals surface area contributed by atoms with Crippen molar-refractivity contribution in [2.75, 3.05) is 0 Å². The van der Waals surface area contributed by atoms with Gasteiger partial charge in [-0.25, -0.2) is 0 Å². The van der Waals surface area contributed by atoms with Gasteiger partial charge in [0.05, 0.1) is 0 Å². The van der Waals surface area contributed by atoms with Crippen LogP contribution in [-0.4, -0.2) is 4.98 Å². The van der Waals surface area contributed by atoms with Crippen LogP contribution >= 0.6 is 39.1 Å². The van der Waals surface area contributed by atoms with Crippen LogP contribution in [0.2, 0.25) is 10.0 Å². The highest BCUT2D eigenvalue weighted by atomic mass is 79.9. The summed E-state index contributed by atoms with van der Waals surface area (Å²) >= 11 is 15.1. The third kappa shape index (κ3) is 3.07. The minimum Gasteiger partial charge on any atom is -0.455 e. The Bertz CT molecular complexity index is 635. The summed E-state index contributed by atoms with van der Waals surface area (Å²) < 4.78 is 6.35. The van der Waals surface area contributed by atoms with Gasteiger partial charge in [0.2, 0.25) is 0 Å². The lowest BCUT2D eigenvalue weighted by Gasteiger charge is -2.08. The zero-order valence-corrected chi connectivity index (χ0v) is 12.4. The van der Waals surface area contributed by atoms with Gasteiger partial charge < -0.3 is 9.72 Å². The smallest absolute Gasteiger partial charge is 0.270 e. The summed E-state index contributed by atoms with van der Waals surface area (Å²) in [4.78, 5) is 14.1. The van der Waals surface area contributed by atoms with E-state index in [1.54, 1.807) is 31.2 Å². The highest BCUT2D eigenvalue weighted by Gasteiger charge is 2.09. The van der Waals surface area contributed by atoms with Crippen molar-refractivity contribution in [2.24, 2.45) is 0 Å². The number of hydrogen-bond donors (Lipinski definition) is 1. The summed E-state index contributed by atoms with van der Waals surface area (Å²) in [7, 11) is 0. The van der Waals surface area contributed by atoms with E-state index in [2.05, 4.69) is 20.9 Å². The Kier molecular flexibility index (Phi) is 4.00. The Balaban J connectivity index is 2.42. The van der Waals surface area contributed by atoms with Gasteiger partial charge in [-0.3, -0.25) is 4.79 Å². The summed E-state index contributed by atoms with van der Waals surface area (Å²) in [6.07, 6.45) is 0. The van der Waals surface area contributed by atoms with E-state index in [1.807, 2.05) is 0 Å². The molecule has 0 aliphatic heterocycles. The second-order valence-corrected chi connectivity index (χ2v) is 5.40. The second-order valence-electron chi connectivity index (χ2n) is 3.67. The summed E-state index contributed by atoms with van der Waals surface area (Å²) in [5, 5.41) is 0.536. The quantitative estimate of drug-likeness (QED) is 0.865. The van der Waals surface area contributed by atoms with E-state index in [1.165, 1.54) is 0 Å². The predicted molar refractivity (Wildman–Crippen MR) is 76.0 cm³/mol. The molecule has 18 heavy (non-hydrogen) atoms. The van der Waals surface area contributed by atoms with E-state index in [4.69, 9.17) is 27.9 Å².